The van der Waals surface area contributed by atoms with Gasteiger partial charge < -0.3 is 4.84 Å². The third-order valence-electron chi connectivity index (χ3n) is 6.76. The molecule has 1 N–H and O–H groups in total. The van der Waals surface area contributed by atoms with Gasteiger partial charge >= 0.3 is 5.97 Å². The maximum atomic E-state index is 13.8. The zero-order chi connectivity index (χ0) is 26.7. The SMILES string of the molecule is Cc1ccc(C(N[C@H](C(=O)On2nnc3ccccc32)C(C)C)(c2ccccc2)c2ccccc2Cl)cc1. The van der Waals surface area contributed by atoms with Crippen molar-refractivity contribution in [3.05, 3.63) is 130 Å². The smallest absolute Gasteiger partial charge is 0.315 e. The number of para-hydroxylation sites is 1. The van der Waals surface area contributed by atoms with Crippen LogP contribution in [0, 0.1) is 12.8 Å². The van der Waals surface area contributed by atoms with Crippen LogP contribution in [0.5, 0.6) is 0 Å². The van der Waals surface area contributed by atoms with Gasteiger partial charge in [-0.1, -0.05) is 121 Å². The number of halogens is 1. The van der Waals surface area contributed by atoms with Crippen LogP contribution in [0.15, 0.2) is 103 Å². The Kier molecular flexibility index (Phi) is 7.27. The number of hydrogen-bond acceptors (Lipinski definition) is 5. The third kappa shape index (κ3) is 4.80. The van der Waals surface area contributed by atoms with Gasteiger partial charge in [-0.25, -0.2) is 4.79 Å². The number of carbonyl (C=O) groups excluding carboxylic acids is 1. The molecule has 1 heterocycles. The van der Waals surface area contributed by atoms with Crippen molar-refractivity contribution < 1.29 is 9.63 Å². The van der Waals surface area contributed by atoms with Gasteiger partial charge in [-0.2, -0.15) is 0 Å². The minimum absolute atomic E-state index is 0.131. The van der Waals surface area contributed by atoms with Crippen LogP contribution < -0.4 is 10.2 Å². The van der Waals surface area contributed by atoms with Gasteiger partial charge in [0.15, 0.2) is 0 Å². The Morgan fingerprint density at radius 1 is 0.868 bits per heavy atom. The van der Waals surface area contributed by atoms with Crippen LogP contribution in [0.1, 0.15) is 36.1 Å². The minimum Gasteiger partial charge on any atom is -0.315 e. The van der Waals surface area contributed by atoms with Crippen molar-refractivity contribution in [2.24, 2.45) is 5.92 Å². The number of aryl methyl sites for hydroxylation is 1. The molecule has 4 aromatic carbocycles. The lowest BCUT2D eigenvalue weighted by molar-refractivity contribution is -0.149. The van der Waals surface area contributed by atoms with Gasteiger partial charge in [0, 0.05) is 5.02 Å². The van der Waals surface area contributed by atoms with Gasteiger partial charge in [-0.3, -0.25) is 5.32 Å². The monoisotopic (exact) mass is 524 g/mol. The summed E-state index contributed by atoms with van der Waals surface area (Å²) in [7, 11) is 0. The molecule has 1 unspecified atom stereocenters. The Hall–Kier alpha value is -4.00. The van der Waals surface area contributed by atoms with Crippen molar-refractivity contribution in [3.63, 3.8) is 0 Å². The van der Waals surface area contributed by atoms with E-state index in [2.05, 4.69) is 39.9 Å². The molecule has 0 saturated heterocycles. The van der Waals surface area contributed by atoms with Crippen LogP contribution in [0.4, 0.5) is 0 Å². The average Bonchev–Trinajstić information content (AvgIpc) is 3.33. The molecule has 0 fully saturated rings. The van der Waals surface area contributed by atoms with E-state index in [9.17, 15) is 4.79 Å². The van der Waals surface area contributed by atoms with E-state index in [0.29, 0.717) is 16.1 Å². The molecule has 0 aliphatic heterocycles. The van der Waals surface area contributed by atoms with E-state index in [-0.39, 0.29) is 5.92 Å². The van der Waals surface area contributed by atoms with E-state index in [1.807, 2.05) is 99.6 Å². The fraction of sp³-hybridized carbons (Fsp3) is 0.194. The molecule has 6 nitrogen and oxygen atoms in total. The Morgan fingerprint density at radius 2 is 1.50 bits per heavy atom. The summed E-state index contributed by atoms with van der Waals surface area (Å²) >= 11 is 6.88. The molecule has 38 heavy (non-hydrogen) atoms. The van der Waals surface area contributed by atoms with Crippen LogP contribution in [0.3, 0.4) is 0 Å². The van der Waals surface area contributed by atoms with Crippen LogP contribution in [0.25, 0.3) is 11.0 Å². The molecule has 7 heteroatoms. The molecule has 0 spiro atoms. The van der Waals surface area contributed by atoms with Crippen LogP contribution >= 0.6 is 11.6 Å². The van der Waals surface area contributed by atoms with Gasteiger partial charge in [0.1, 0.15) is 17.1 Å². The summed E-state index contributed by atoms with van der Waals surface area (Å²) in [4.78, 5) is 20.8. The molecular formula is C31H29ClN4O2. The van der Waals surface area contributed by atoms with Crippen molar-refractivity contribution in [2.45, 2.75) is 32.4 Å². The highest BCUT2D eigenvalue weighted by Gasteiger charge is 2.42. The summed E-state index contributed by atoms with van der Waals surface area (Å²) in [6.45, 7) is 6.01. The molecule has 0 radical (unpaired) electrons. The zero-order valence-electron chi connectivity index (χ0n) is 21.5. The van der Waals surface area contributed by atoms with E-state index in [4.69, 9.17) is 16.4 Å². The van der Waals surface area contributed by atoms with Crippen molar-refractivity contribution in [3.8, 4) is 0 Å². The molecular weight excluding hydrogens is 496 g/mol. The molecule has 192 valence electrons. The van der Waals surface area contributed by atoms with Crippen LogP contribution in [0.2, 0.25) is 5.02 Å². The molecule has 0 aliphatic rings. The topological polar surface area (TPSA) is 69.0 Å². The normalized spacial score (nSPS) is 13.8. The van der Waals surface area contributed by atoms with Crippen molar-refractivity contribution in [2.75, 3.05) is 0 Å². The van der Waals surface area contributed by atoms with Crippen molar-refractivity contribution >= 4 is 28.6 Å². The summed E-state index contributed by atoms with van der Waals surface area (Å²) < 4.78 is 0. The molecule has 0 amide bonds. The second-order valence-corrected chi connectivity index (χ2v) is 10.1. The lowest BCUT2D eigenvalue weighted by atomic mass is 9.75. The molecule has 2 atom stereocenters. The lowest BCUT2D eigenvalue weighted by Crippen LogP contribution is -2.56. The number of rotatable bonds is 8. The third-order valence-corrected chi connectivity index (χ3v) is 7.09. The van der Waals surface area contributed by atoms with Gasteiger partial charge in [0.05, 0.1) is 5.54 Å². The first-order chi connectivity index (χ1) is 18.4. The van der Waals surface area contributed by atoms with E-state index >= 15 is 0 Å². The molecule has 5 rings (SSSR count). The average molecular weight is 525 g/mol. The number of aromatic nitrogens is 3. The number of nitrogens with zero attached hydrogens (tertiary/aromatic N) is 3. The summed E-state index contributed by atoms with van der Waals surface area (Å²) in [6.07, 6.45) is 0. The minimum atomic E-state index is -0.953. The van der Waals surface area contributed by atoms with E-state index in [1.165, 1.54) is 4.85 Å². The maximum absolute atomic E-state index is 13.8. The largest absolute Gasteiger partial charge is 0.352 e. The summed E-state index contributed by atoms with van der Waals surface area (Å²) in [5, 5.41) is 12.5. The fourth-order valence-electron chi connectivity index (χ4n) is 4.77. The van der Waals surface area contributed by atoms with Gasteiger partial charge in [0.2, 0.25) is 0 Å². The van der Waals surface area contributed by atoms with Crippen LogP contribution in [-0.4, -0.2) is 27.2 Å². The van der Waals surface area contributed by atoms with Gasteiger partial charge in [-0.05, 0) is 52.9 Å². The summed E-state index contributed by atoms with van der Waals surface area (Å²) in [6, 6.07) is 32.7. The molecule has 5 aromatic rings. The number of benzene rings is 4. The zero-order valence-corrected chi connectivity index (χ0v) is 22.3. The standard InChI is InChI=1S/C31H29ClN4O2/c1-21(2)29(30(37)38-36-28-16-10-9-15-27(28)34-35-36)33-31(23-11-5-4-6-12-23,24-19-17-22(3)18-20-24)25-13-7-8-14-26(25)32/h4-21,29,33H,1-3H3/t29-,31?/m0/s1. The lowest BCUT2D eigenvalue weighted by Gasteiger charge is -2.40. The molecule has 0 bridgehead atoms. The number of fused-ring (bicyclic) bond motifs is 1. The first-order valence-electron chi connectivity index (χ1n) is 12.6. The highest BCUT2D eigenvalue weighted by Crippen LogP contribution is 2.41. The van der Waals surface area contributed by atoms with Crippen molar-refractivity contribution in [1.29, 1.82) is 0 Å². The Morgan fingerprint density at radius 3 is 2.21 bits per heavy atom. The summed E-state index contributed by atoms with van der Waals surface area (Å²) in [5.74, 6) is -0.608. The van der Waals surface area contributed by atoms with Crippen LogP contribution in [-0.2, 0) is 10.3 Å². The predicted molar refractivity (Wildman–Crippen MR) is 150 cm³/mol. The Bertz CT molecular complexity index is 1550. The van der Waals surface area contributed by atoms with E-state index in [0.717, 1.165) is 22.3 Å². The predicted octanol–water partition coefficient (Wildman–Crippen LogP) is 5.95. The number of hydrogen-bond donors (Lipinski definition) is 1. The summed E-state index contributed by atoms with van der Waals surface area (Å²) in [5.41, 5.74) is 4.17. The highest BCUT2D eigenvalue weighted by atomic mass is 35.5. The van der Waals surface area contributed by atoms with E-state index < -0.39 is 17.6 Å². The first kappa shape index (κ1) is 25.6. The highest BCUT2D eigenvalue weighted by molar-refractivity contribution is 6.31. The fourth-order valence-corrected chi connectivity index (χ4v) is 5.04. The molecule has 0 saturated carbocycles. The first-order valence-corrected chi connectivity index (χ1v) is 13.0. The molecule has 0 aliphatic carbocycles. The maximum Gasteiger partial charge on any atom is 0.352 e. The van der Waals surface area contributed by atoms with Gasteiger partial charge in [-0.15, -0.1) is 5.10 Å². The van der Waals surface area contributed by atoms with Gasteiger partial charge in [0.25, 0.3) is 0 Å². The van der Waals surface area contributed by atoms with Crippen molar-refractivity contribution in [1.82, 2.24) is 20.5 Å². The quantitative estimate of drug-likeness (QED) is 0.200. The second kappa shape index (κ2) is 10.8. The number of nitrogens with one attached hydrogen (secondary N) is 1. The molecule has 1 aromatic heterocycles. The van der Waals surface area contributed by atoms with E-state index in [1.54, 1.807) is 0 Å². The number of carbonyl (C=O) groups is 1. The second-order valence-electron chi connectivity index (χ2n) is 9.69. The Balaban J connectivity index is 1.66. The Labute approximate surface area is 227 Å².